The summed E-state index contributed by atoms with van der Waals surface area (Å²) in [5.41, 5.74) is 9.50. The second-order valence-electron chi connectivity index (χ2n) is 21.4. The number of fused-ring (bicyclic) bond motifs is 4. The molecule has 12 aromatic rings. The van der Waals surface area contributed by atoms with E-state index >= 15 is 4.39 Å². The minimum atomic E-state index is -0.645. The van der Waals surface area contributed by atoms with Crippen molar-refractivity contribution in [3.05, 3.63) is 151 Å². The maximum absolute atomic E-state index is 15.1. The molecule has 0 saturated heterocycles. The van der Waals surface area contributed by atoms with Crippen molar-refractivity contribution in [2.45, 2.75) is 41.0 Å². The first-order valence-corrected chi connectivity index (χ1v) is 31.7. The van der Waals surface area contributed by atoms with Crippen molar-refractivity contribution >= 4 is 116 Å². The van der Waals surface area contributed by atoms with Crippen LogP contribution in [0.15, 0.2) is 123 Å². The van der Waals surface area contributed by atoms with E-state index in [9.17, 15) is 38.4 Å². The van der Waals surface area contributed by atoms with Gasteiger partial charge in [0.2, 0.25) is 23.8 Å². The number of nitrogens with zero attached hydrogens (tertiary/aromatic N) is 10. The van der Waals surface area contributed by atoms with Gasteiger partial charge in [0.25, 0.3) is 5.91 Å². The molecule has 9 amide bonds. The molecule has 0 bridgehead atoms. The number of amides is 9. The fourth-order valence-electron chi connectivity index (χ4n) is 10.2. The number of aromatic amines is 4. The molecule has 8 heterocycles. The van der Waals surface area contributed by atoms with Crippen LogP contribution in [0.3, 0.4) is 0 Å². The number of anilines is 4. The quantitative estimate of drug-likeness (QED) is 0.0281. The summed E-state index contributed by atoms with van der Waals surface area (Å²) in [6, 6.07) is 15.8. The molecule has 0 radical (unpaired) electrons. The molecule has 0 saturated carbocycles. The lowest BCUT2D eigenvalue weighted by molar-refractivity contribution is 0.0592. The van der Waals surface area contributed by atoms with Crippen LogP contribution in [0.5, 0.6) is 5.75 Å². The van der Waals surface area contributed by atoms with Crippen molar-refractivity contribution in [3.63, 3.8) is 0 Å². The van der Waals surface area contributed by atoms with Crippen molar-refractivity contribution in [1.29, 1.82) is 0 Å². The maximum atomic E-state index is 15.1. The molecule has 0 fully saturated rings. The van der Waals surface area contributed by atoms with E-state index < -0.39 is 35.8 Å². The Morgan fingerprint density at radius 2 is 0.816 bits per heavy atom. The number of hydrogen-bond donors (Lipinski definition) is 13. The van der Waals surface area contributed by atoms with Crippen molar-refractivity contribution < 1.29 is 57.0 Å². The molecule has 8 aromatic heterocycles. The molecule has 0 atom stereocenters. The number of benzene rings is 4. The van der Waals surface area contributed by atoms with E-state index in [2.05, 4.69) is 118 Å². The third-order valence-electron chi connectivity index (χ3n) is 14.7. The molecule has 35 heteroatoms. The summed E-state index contributed by atoms with van der Waals surface area (Å²) in [6.45, 7) is 10.8. The zero-order chi connectivity index (χ0) is 73.7. The number of urea groups is 4. The molecule has 34 nitrogen and oxygen atoms in total. The molecule has 0 aliphatic rings. The topological polar surface area (TPSA) is 465 Å². The van der Waals surface area contributed by atoms with Gasteiger partial charge in [0.1, 0.15) is 51.9 Å². The first kappa shape index (κ1) is 73.4. The second kappa shape index (κ2) is 34.5. The van der Waals surface area contributed by atoms with Crippen LogP contribution >= 0.6 is 0 Å². The van der Waals surface area contributed by atoms with Gasteiger partial charge in [-0.2, -0.15) is 0 Å². The van der Waals surface area contributed by atoms with Gasteiger partial charge in [-0.1, -0.05) is 19.1 Å². The third kappa shape index (κ3) is 17.7. The summed E-state index contributed by atoms with van der Waals surface area (Å²) in [5, 5.41) is 23.3. The molecular formula is C68H70FN23O11. The van der Waals surface area contributed by atoms with E-state index in [4.69, 9.17) is 14.2 Å². The van der Waals surface area contributed by atoms with Gasteiger partial charge < -0.3 is 60.7 Å². The summed E-state index contributed by atoms with van der Waals surface area (Å²) < 4.78 is 30.4. The average Bonchev–Trinajstić information content (AvgIpc) is 1.74. The Hall–Kier alpha value is -13.9. The molecule has 4 aromatic carbocycles. The second-order valence-corrected chi connectivity index (χ2v) is 21.4. The van der Waals surface area contributed by atoms with Crippen molar-refractivity contribution in [2.24, 2.45) is 0 Å². The highest BCUT2D eigenvalue weighted by Crippen LogP contribution is 2.39. The lowest BCUT2D eigenvalue weighted by atomic mass is 9.98. The number of Topliss-reactive ketones (excluding diaryl/α,β-unsaturated/α-hetero) is 1. The van der Waals surface area contributed by atoms with Crippen LogP contribution < -0.4 is 52.6 Å². The number of rotatable bonds is 18. The summed E-state index contributed by atoms with van der Waals surface area (Å²) in [7, 11) is 5.60. The van der Waals surface area contributed by atoms with Crippen LogP contribution in [-0.2, 0) is 9.47 Å². The number of pyridine rings is 2. The number of carbonyl (C=O) groups is 8. The normalized spacial score (nSPS) is 10.5. The Bertz CT molecular complexity index is 4900. The minimum Gasteiger partial charge on any atom is -0.495 e. The SMILES string of the molecule is CCNC(=O)Nc1nc2c(C(=O)CC)c(F)c(-c3cccnc3)cc2[nH]1.CCNC(=O)Nc1nc2c(C(=O)NC)cc(-c3cncnc3)cc2[nH]1.CCNC(=O)Nc1nc2c(C(=O)OC)c(OC)c(-c3cccnc3)cc2[nH]1.CCNC(=O)Nc1nc2c(C(=O)OC)cc(-c3cncnc3)cc2[nH]1. The van der Waals surface area contributed by atoms with Gasteiger partial charge in [0.05, 0.1) is 60.1 Å². The molecule has 13 N–H and O–H groups in total. The maximum Gasteiger partial charge on any atom is 0.343 e. The number of methoxy groups -OCH3 is 3. The highest BCUT2D eigenvalue weighted by molar-refractivity contribution is 6.11. The summed E-state index contributed by atoms with van der Waals surface area (Å²) >= 11 is 0. The predicted octanol–water partition coefficient (Wildman–Crippen LogP) is 9.53. The van der Waals surface area contributed by atoms with Gasteiger partial charge in [-0.15, -0.1) is 0 Å². The fourth-order valence-corrected chi connectivity index (χ4v) is 10.2. The lowest BCUT2D eigenvalue weighted by Crippen LogP contribution is -2.28. The standard InChI is InChI=1S/C18H18FN5O2.C18H19N5O4.C16H17N7O2.C16H16N6O3/c1-3-13(25)14-15(19)11(10-6-5-7-20-9-10)8-12-16(14)23-17(22-12)24-18(26)21-4-2;1-4-20-18(25)23-17-21-12-8-11(10-6-5-7-19-9-10)15(26-2)13(14(12)22-17)16(24)27-3;1-3-20-16(25)23-15-21-12-5-9(10-6-18-8-19-7-10)4-11(13(12)22-15)14(24)17-2;1-3-19-16(24)22-15-20-12-5-9(10-6-17-8-18-7-10)4-11(13(12)21-15)14(23)25-2/h5-9H,3-4H2,1-2H3,(H3,21,22,23,24,26);5-9H,4H2,1-3H3,(H3,20,21,22,23,25);4-8H,3H2,1-2H3,(H,17,24)(H3,20,21,22,23,25);4-8H,3H2,1-2H3,(H3,19,20,21,22,24). The molecule has 12 rings (SSSR count). The number of hydrogen-bond acceptors (Lipinski definition) is 21. The molecular weight excluding hydrogens is 1330 g/mol. The first-order valence-electron chi connectivity index (χ1n) is 31.7. The molecule has 0 aliphatic heterocycles. The van der Waals surface area contributed by atoms with E-state index in [0.29, 0.717) is 87.2 Å². The van der Waals surface area contributed by atoms with Crippen LogP contribution in [0.4, 0.5) is 47.4 Å². The average molecular weight is 1400 g/mol. The van der Waals surface area contributed by atoms with E-state index in [1.165, 1.54) is 40.2 Å². The van der Waals surface area contributed by atoms with Gasteiger partial charge in [-0.05, 0) is 87.4 Å². The van der Waals surface area contributed by atoms with Crippen LogP contribution in [0.1, 0.15) is 82.5 Å². The molecule has 0 aliphatic carbocycles. The number of carbonyl (C=O) groups excluding carboxylic acids is 8. The Morgan fingerprint density at radius 1 is 0.437 bits per heavy atom. The Morgan fingerprint density at radius 3 is 1.20 bits per heavy atom. The summed E-state index contributed by atoms with van der Waals surface area (Å²) in [6.07, 6.45) is 16.0. The predicted molar refractivity (Wildman–Crippen MR) is 381 cm³/mol. The van der Waals surface area contributed by atoms with E-state index in [1.54, 1.807) is 120 Å². The van der Waals surface area contributed by atoms with E-state index in [0.717, 1.165) is 27.8 Å². The highest BCUT2D eigenvalue weighted by Gasteiger charge is 2.27. The van der Waals surface area contributed by atoms with Crippen molar-refractivity contribution in [1.82, 2.24) is 96.4 Å². The first-order chi connectivity index (χ1) is 49.9. The van der Waals surface area contributed by atoms with Crippen LogP contribution in [0, 0.1) is 5.82 Å². The number of nitrogens with one attached hydrogen (secondary N) is 13. The van der Waals surface area contributed by atoms with Gasteiger partial charge in [-0.25, -0.2) is 73.0 Å². The van der Waals surface area contributed by atoms with Gasteiger partial charge >= 0.3 is 36.1 Å². The monoisotopic (exact) mass is 1400 g/mol. The lowest BCUT2D eigenvalue weighted by Gasteiger charge is -2.13. The number of halogens is 1. The zero-order valence-electron chi connectivity index (χ0n) is 56.9. The number of ketones is 1. The van der Waals surface area contributed by atoms with Crippen LogP contribution in [0.25, 0.3) is 88.6 Å². The molecule has 103 heavy (non-hydrogen) atoms. The number of esters is 2. The highest BCUT2D eigenvalue weighted by atomic mass is 19.1. The number of H-pyrrole nitrogens is 4. The third-order valence-corrected chi connectivity index (χ3v) is 14.7. The Labute approximate surface area is 584 Å². The van der Waals surface area contributed by atoms with E-state index in [1.807, 2.05) is 26.0 Å². The number of imidazole rings is 4. The van der Waals surface area contributed by atoms with Gasteiger partial charge in [0, 0.05) is 123 Å². The largest absolute Gasteiger partial charge is 0.495 e. The zero-order valence-corrected chi connectivity index (χ0v) is 56.9. The molecule has 530 valence electrons. The van der Waals surface area contributed by atoms with E-state index in [-0.39, 0.29) is 75.7 Å². The minimum absolute atomic E-state index is 0.0935. The van der Waals surface area contributed by atoms with Gasteiger partial charge in [0.15, 0.2) is 5.78 Å². The number of ether oxygens (including phenoxy) is 3. The Balaban J connectivity index is 0.000000160. The Kier molecular flexibility index (Phi) is 24.6. The summed E-state index contributed by atoms with van der Waals surface area (Å²) in [5.74, 6) is -1.27. The van der Waals surface area contributed by atoms with Crippen molar-refractivity contribution in [3.8, 4) is 50.3 Å². The fraction of sp³-hybridized carbons (Fsp3) is 0.206. The molecule has 0 spiro atoms. The summed E-state index contributed by atoms with van der Waals surface area (Å²) in [4.78, 5) is 149. The number of aromatic nitrogens is 14. The van der Waals surface area contributed by atoms with Crippen LogP contribution in [-0.4, -0.2) is 172 Å². The van der Waals surface area contributed by atoms with Gasteiger partial charge in [-0.3, -0.25) is 40.8 Å². The van der Waals surface area contributed by atoms with Crippen LogP contribution in [0.2, 0.25) is 0 Å². The smallest absolute Gasteiger partial charge is 0.343 e. The van der Waals surface area contributed by atoms with Crippen molar-refractivity contribution in [2.75, 3.05) is 75.8 Å². The molecule has 0 unspecified atom stereocenters.